The number of hydrogen-bond acceptors (Lipinski definition) is 10. The molecule has 0 heterocycles. The molecule has 0 aromatic heterocycles. The van der Waals surface area contributed by atoms with Gasteiger partial charge < -0.3 is 0 Å². The van der Waals surface area contributed by atoms with E-state index in [0.717, 1.165) is 6.92 Å². The van der Waals surface area contributed by atoms with Crippen LogP contribution in [0, 0.1) is 11.3 Å². The minimum atomic E-state index is -5.65. The molecule has 0 bridgehead atoms. The zero-order valence-corrected chi connectivity index (χ0v) is 12.0. The van der Waals surface area contributed by atoms with Crippen LogP contribution in [-0.4, -0.2) is 35.4 Å². The third-order valence-corrected chi connectivity index (χ3v) is 4.79. The maximum Gasteiger partial charge on any atom is 0.432 e. The molecule has 0 amide bonds. The number of nitriles is 1. The predicted octanol–water partition coefficient (Wildman–Crippen LogP) is -0.979. The second-order valence-electron chi connectivity index (χ2n) is 3.16. The Kier molecular flexibility index (Phi) is 5.42. The molecule has 11 nitrogen and oxygen atoms in total. The quantitative estimate of drug-likeness (QED) is 0.564. The van der Waals surface area contributed by atoms with Gasteiger partial charge in [-0.2, -0.15) is 30.5 Å². The summed E-state index contributed by atoms with van der Waals surface area (Å²) in [5.74, 6) is 0. The Balaban J connectivity index is 5.16. The Morgan fingerprint density at radius 3 is 1.89 bits per heavy atom. The van der Waals surface area contributed by atoms with Crippen molar-refractivity contribution in [2.75, 3.05) is 0 Å². The van der Waals surface area contributed by atoms with Crippen molar-refractivity contribution in [2.45, 2.75) is 25.9 Å². The van der Waals surface area contributed by atoms with Crippen LogP contribution in [-0.2, 0) is 42.6 Å². The van der Waals surface area contributed by atoms with Gasteiger partial charge in [0.1, 0.15) is 0 Å². The first kappa shape index (κ1) is 18.2. The fourth-order valence-corrected chi connectivity index (χ4v) is 3.29. The van der Waals surface area contributed by atoms with Crippen LogP contribution < -0.4 is 0 Å². The standard InChI is InChI=1S/C5H9NO10S3/c1-3-5(2,4-6)14-18(10,11)16-19(12,13)15-17(7,8)9/h3H2,1-2H3,(H,7,8,9). The number of nitrogens with zero attached hydrogens (tertiary/aromatic N) is 1. The average molecular weight is 339 g/mol. The van der Waals surface area contributed by atoms with E-state index in [-0.39, 0.29) is 6.42 Å². The van der Waals surface area contributed by atoms with E-state index in [1.807, 2.05) is 0 Å². The maximum atomic E-state index is 11.1. The zero-order chi connectivity index (χ0) is 15.5. The third kappa shape index (κ3) is 7.37. The van der Waals surface area contributed by atoms with Gasteiger partial charge in [-0.3, -0.25) is 4.55 Å². The highest BCUT2D eigenvalue weighted by Crippen LogP contribution is 2.19. The van der Waals surface area contributed by atoms with E-state index in [2.05, 4.69) is 11.4 Å². The molecule has 0 saturated heterocycles. The lowest BCUT2D eigenvalue weighted by atomic mass is 10.1. The third-order valence-electron chi connectivity index (χ3n) is 1.53. The van der Waals surface area contributed by atoms with Crippen LogP contribution in [0.25, 0.3) is 0 Å². The van der Waals surface area contributed by atoms with Crippen LogP contribution in [0.4, 0.5) is 0 Å². The Labute approximate surface area is 110 Å². The number of rotatable bonds is 7. The molecule has 1 N–H and O–H groups in total. The van der Waals surface area contributed by atoms with Crippen LogP contribution in [0.3, 0.4) is 0 Å². The fraction of sp³-hybridized carbons (Fsp3) is 0.800. The van der Waals surface area contributed by atoms with Crippen molar-refractivity contribution in [3.63, 3.8) is 0 Å². The first-order valence-electron chi connectivity index (χ1n) is 4.25. The van der Waals surface area contributed by atoms with Crippen LogP contribution in [0.1, 0.15) is 20.3 Å². The normalized spacial score (nSPS) is 16.5. The molecule has 19 heavy (non-hydrogen) atoms. The van der Waals surface area contributed by atoms with Gasteiger partial charge in [0, 0.05) is 0 Å². The largest absolute Gasteiger partial charge is 0.432 e. The van der Waals surface area contributed by atoms with Crippen molar-refractivity contribution < 1.29 is 41.2 Å². The van der Waals surface area contributed by atoms with E-state index >= 15 is 0 Å². The summed E-state index contributed by atoms with van der Waals surface area (Å²) in [5.41, 5.74) is -1.92. The SMILES string of the molecule is CCC(C)(C#N)OS(=O)(=O)OS(=O)(=O)OS(=O)(=O)O. The molecule has 0 aliphatic rings. The molecule has 0 radical (unpaired) electrons. The molecule has 0 aliphatic heterocycles. The number of hydrogen-bond donors (Lipinski definition) is 1. The Bertz CT molecular complexity index is 667. The first-order chi connectivity index (χ1) is 8.24. The van der Waals surface area contributed by atoms with Gasteiger partial charge in [-0.1, -0.05) is 14.2 Å². The molecular weight excluding hydrogens is 330 g/mol. The summed E-state index contributed by atoms with van der Waals surface area (Å²) in [4.78, 5) is 0. The van der Waals surface area contributed by atoms with Crippen molar-refractivity contribution in [2.24, 2.45) is 0 Å². The highest BCUT2D eigenvalue weighted by molar-refractivity contribution is 8.00. The molecule has 1 unspecified atom stereocenters. The Morgan fingerprint density at radius 1 is 1.11 bits per heavy atom. The molecule has 0 saturated carbocycles. The van der Waals surface area contributed by atoms with Crippen molar-refractivity contribution in [1.82, 2.24) is 0 Å². The van der Waals surface area contributed by atoms with Gasteiger partial charge in [0.15, 0.2) is 5.60 Å². The molecule has 14 heteroatoms. The summed E-state index contributed by atoms with van der Waals surface area (Å²) < 4.78 is 82.6. The molecule has 0 aromatic rings. The van der Waals surface area contributed by atoms with Gasteiger partial charge >= 0.3 is 31.2 Å². The summed E-state index contributed by atoms with van der Waals surface area (Å²) in [6, 6.07) is 1.43. The zero-order valence-electron chi connectivity index (χ0n) is 9.50. The van der Waals surface area contributed by atoms with Crippen molar-refractivity contribution in [3.05, 3.63) is 0 Å². The minimum Gasteiger partial charge on any atom is -0.263 e. The first-order valence-corrected chi connectivity index (χ1v) is 8.29. The lowest BCUT2D eigenvalue weighted by Crippen LogP contribution is -2.31. The fourth-order valence-electron chi connectivity index (χ4n) is 0.614. The molecule has 0 fully saturated rings. The average Bonchev–Trinajstić information content (AvgIpc) is 2.10. The highest BCUT2D eigenvalue weighted by Gasteiger charge is 2.36. The monoisotopic (exact) mass is 339 g/mol. The molecule has 0 rings (SSSR count). The molecule has 112 valence electrons. The van der Waals surface area contributed by atoms with E-state index in [0.29, 0.717) is 0 Å². The predicted molar refractivity (Wildman–Crippen MR) is 57.0 cm³/mol. The smallest absolute Gasteiger partial charge is 0.263 e. The van der Waals surface area contributed by atoms with Crippen molar-refractivity contribution in [3.8, 4) is 6.07 Å². The molecule has 1 atom stereocenters. The highest BCUT2D eigenvalue weighted by atomic mass is 32.3. The van der Waals surface area contributed by atoms with Gasteiger partial charge in [-0.05, 0) is 13.3 Å². The Hall–Kier alpha value is -0.820. The van der Waals surface area contributed by atoms with Gasteiger partial charge in [-0.15, -0.1) is 0 Å². The van der Waals surface area contributed by atoms with E-state index in [9.17, 15) is 25.3 Å². The molecule has 0 aromatic carbocycles. The van der Waals surface area contributed by atoms with Gasteiger partial charge in [0.05, 0.1) is 6.07 Å². The maximum absolute atomic E-state index is 11.1. The lowest BCUT2D eigenvalue weighted by molar-refractivity contribution is 0.133. The van der Waals surface area contributed by atoms with Crippen LogP contribution >= 0.6 is 0 Å². The molecule has 0 spiro atoms. The summed E-state index contributed by atoms with van der Waals surface area (Å²) in [5, 5.41) is 8.62. The summed E-state index contributed by atoms with van der Waals surface area (Å²) in [6.45, 7) is 2.38. The topological polar surface area (TPSA) is 174 Å². The van der Waals surface area contributed by atoms with Crippen LogP contribution in [0.5, 0.6) is 0 Å². The summed E-state index contributed by atoms with van der Waals surface area (Å²) in [6.07, 6.45) is -0.148. The summed E-state index contributed by atoms with van der Waals surface area (Å²) >= 11 is 0. The van der Waals surface area contributed by atoms with E-state index < -0.39 is 36.8 Å². The van der Waals surface area contributed by atoms with Gasteiger partial charge in [0.2, 0.25) is 0 Å². The van der Waals surface area contributed by atoms with E-state index in [1.54, 1.807) is 0 Å². The summed E-state index contributed by atoms with van der Waals surface area (Å²) in [7, 11) is -16.5. The van der Waals surface area contributed by atoms with Gasteiger partial charge in [0.25, 0.3) is 0 Å². The van der Waals surface area contributed by atoms with E-state index in [1.165, 1.54) is 13.0 Å². The van der Waals surface area contributed by atoms with E-state index in [4.69, 9.17) is 9.81 Å². The molecule has 0 aliphatic carbocycles. The minimum absolute atomic E-state index is 0.148. The van der Waals surface area contributed by atoms with Gasteiger partial charge in [-0.25, -0.2) is 4.18 Å². The van der Waals surface area contributed by atoms with Crippen molar-refractivity contribution in [1.29, 1.82) is 5.26 Å². The van der Waals surface area contributed by atoms with Crippen molar-refractivity contribution >= 4 is 31.2 Å². The molecular formula is C5H9NO10S3. The second kappa shape index (κ2) is 5.66. The van der Waals surface area contributed by atoms with Crippen LogP contribution in [0.2, 0.25) is 0 Å². The second-order valence-corrected chi connectivity index (χ2v) is 6.90. The Morgan fingerprint density at radius 2 is 1.58 bits per heavy atom. The lowest BCUT2D eigenvalue weighted by Gasteiger charge is -2.17. The van der Waals surface area contributed by atoms with Crippen LogP contribution in [0.15, 0.2) is 0 Å².